The first-order valence-electron chi connectivity index (χ1n) is 10.5. The summed E-state index contributed by atoms with van der Waals surface area (Å²) in [6, 6.07) is 16.0. The van der Waals surface area contributed by atoms with Crippen LogP contribution in [0.25, 0.3) is 0 Å². The van der Waals surface area contributed by atoms with Crippen LogP contribution < -0.4 is 10.1 Å². The number of hydrogen-bond donors (Lipinski definition) is 1. The molecule has 0 saturated heterocycles. The van der Waals surface area contributed by atoms with Crippen LogP contribution in [-0.2, 0) is 19.7 Å². The van der Waals surface area contributed by atoms with Crippen molar-refractivity contribution >= 4 is 21.8 Å². The third-order valence-electron chi connectivity index (χ3n) is 5.11. The minimum atomic E-state index is -0.664. The fourth-order valence-electron chi connectivity index (χ4n) is 3.31. The Morgan fingerprint density at radius 1 is 1.09 bits per heavy atom. The van der Waals surface area contributed by atoms with Crippen LogP contribution in [0.4, 0.5) is 8.78 Å². The Balaban J connectivity index is 1.47. The highest BCUT2D eigenvalue weighted by molar-refractivity contribution is 9.10. The van der Waals surface area contributed by atoms with Crippen molar-refractivity contribution < 1.29 is 18.3 Å². The highest BCUT2D eigenvalue weighted by atomic mass is 79.9. The number of carbonyl (C=O) groups excluding carboxylic acids is 1. The van der Waals surface area contributed by atoms with Gasteiger partial charge in [-0.2, -0.15) is 5.10 Å². The summed E-state index contributed by atoms with van der Waals surface area (Å²) in [6.07, 6.45) is 1.67. The molecular weight excluding hydrogens is 506 g/mol. The Kier molecular flexibility index (Phi) is 7.32. The molecule has 34 heavy (non-hydrogen) atoms. The van der Waals surface area contributed by atoms with Gasteiger partial charge in [-0.3, -0.25) is 14.5 Å². The summed E-state index contributed by atoms with van der Waals surface area (Å²) in [6.45, 7) is 2.43. The maximum absolute atomic E-state index is 14.0. The van der Waals surface area contributed by atoms with Crippen LogP contribution >= 0.6 is 15.9 Å². The van der Waals surface area contributed by atoms with E-state index in [9.17, 15) is 13.6 Å². The van der Waals surface area contributed by atoms with E-state index in [-0.39, 0.29) is 18.1 Å². The van der Waals surface area contributed by atoms with Crippen molar-refractivity contribution in [3.8, 4) is 5.75 Å². The Hall–Kier alpha value is -3.59. The molecule has 1 N–H and O–H groups in total. The predicted octanol–water partition coefficient (Wildman–Crippen LogP) is 5.18. The minimum Gasteiger partial charge on any atom is -0.488 e. The van der Waals surface area contributed by atoms with Gasteiger partial charge in [0.2, 0.25) is 0 Å². The monoisotopic (exact) mass is 526 g/mol. The van der Waals surface area contributed by atoms with Crippen molar-refractivity contribution in [2.45, 2.75) is 26.6 Å². The Bertz CT molecular complexity index is 1310. The first kappa shape index (κ1) is 23.6. The van der Waals surface area contributed by atoms with Crippen LogP contribution in [0.1, 0.15) is 33.0 Å². The lowest BCUT2D eigenvalue weighted by atomic mass is 10.2. The SMILES string of the molecule is Cc1cc(C(=O)NCc2ccccn2)nn1Cc1cc(Br)ccc1OCc1ccc(F)cc1F. The van der Waals surface area contributed by atoms with E-state index in [1.165, 1.54) is 12.1 Å². The molecule has 0 bridgehead atoms. The molecule has 2 aromatic heterocycles. The quantitative estimate of drug-likeness (QED) is 0.343. The molecule has 9 heteroatoms. The highest BCUT2D eigenvalue weighted by Gasteiger charge is 2.15. The smallest absolute Gasteiger partial charge is 0.272 e. The second-order valence-electron chi connectivity index (χ2n) is 7.61. The zero-order valence-electron chi connectivity index (χ0n) is 18.3. The lowest BCUT2D eigenvalue weighted by molar-refractivity contribution is 0.0944. The maximum Gasteiger partial charge on any atom is 0.272 e. The van der Waals surface area contributed by atoms with Crippen molar-refractivity contribution in [1.82, 2.24) is 20.1 Å². The van der Waals surface area contributed by atoms with Gasteiger partial charge < -0.3 is 10.1 Å². The molecular formula is C25H21BrF2N4O2. The first-order chi connectivity index (χ1) is 16.4. The summed E-state index contributed by atoms with van der Waals surface area (Å²) < 4.78 is 35.5. The molecule has 0 unspecified atom stereocenters. The van der Waals surface area contributed by atoms with Crippen LogP contribution in [0.2, 0.25) is 0 Å². The van der Waals surface area contributed by atoms with Gasteiger partial charge in [0.25, 0.3) is 5.91 Å². The van der Waals surface area contributed by atoms with Gasteiger partial charge in [-0.15, -0.1) is 0 Å². The zero-order chi connectivity index (χ0) is 24.1. The predicted molar refractivity (Wildman–Crippen MR) is 126 cm³/mol. The fourth-order valence-corrected chi connectivity index (χ4v) is 3.72. The summed E-state index contributed by atoms with van der Waals surface area (Å²) in [5, 5.41) is 7.26. The van der Waals surface area contributed by atoms with Gasteiger partial charge in [-0.25, -0.2) is 8.78 Å². The number of nitrogens with zero attached hydrogens (tertiary/aromatic N) is 3. The molecule has 0 aliphatic carbocycles. The molecule has 174 valence electrons. The number of benzene rings is 2. The van der Waals surface area contributed by atoms with E-state index in [1.807, 2.05) is 37.3 Å². The topological polar surface area (TPSA) is 69.0 Å². The number of aromatic nitrogens is 3. The molecule has 0 saturated carbocycles. The van der Waals surface area contributed by atoms with Crippen molar-refractivity contribution in [3.05, 3.63) is 111 Å². The molecule has 2 aromatic carbocycles. The third-order valence-corrected chi connectivity index (χ3v) is 5.60. The average molecular weight is 527 g/mol. The molecule has 0 aliphatic heterocycles. The molecule has 4 aromatic rings. The number of halogens is 3. The number of rotatable bonds is 8. The number of aryl methyl sites for hydroxylation is 1. The normalized spacial score (nSPS) is 10.8. The maximum atomic E-state index is 14.0. The number of hydrogen-bond acceptors (Lipinski definition) is 4. The van der Waals surface area contributed by atoms with E-state index in [4.69, 9.17) is 4.74 Å². The molecule has 4 rings (SSSR count). The minimum absolute atomic E-state index is 0.0555. The molecule has 0 aliphatic rings. The zero-order valence-corrected chi connectivity index (χ0v) is 19.9. The van der Waals surface area contributed by atoms with Crippen LogP contribution in [-0.4, -0.2) is 20.7 Å². The summed E-state index contributed by atoms with van der Waals surface area (Å²) in [7, 11) is 0. The number of nitrogens with one attached hydrogen (secondary N) is 1. The van der Waals surface area contributed by atoms with Gasteiger partial charge in [0.15, 0.2) is 0 Å². The summed E-state index contributed by atoms with van der Waals surface area (Å²) in [5.74, 6) is -1.07. The lowest BCUT2D eigenvalue weighted by Crippen LogP contribution is -2.24. The Morgan fingerprint density at radius 3 is 2.71 bits per heavy atom. The van der Waals surface area contributed by atoms with Crippen LogP contribution in [0, 0.1) is 18.6 Å². The summed E-state index contributed by atoms with van der Waals surface area (Å²) in [4.78, 5) is 16.8. The highest BCUT2D eigenvalue weighted by Crippen LogP contribution is 2.26. The number of carbonyl (C=O) groups is 1. The molecule has 1 amide bonds. The molecule has 0 fully saturated rings. The van der Waals surface area contributed by atoms with Gasteiger partial charge >= 0.3 is 0 Å². The van der Waals surface area contributed by atoms with E-state index < -0.39 is 11.6 Å². The first-order valence-corrected chi connectivity index (χ1v) is 11.3. The van der Waals surface area contributed by atoms with Crippen LogP contribution in [0.5, 0.6) is 5.75 Å². The van der Waals surface area contributed by atoms with Crippen molar-refractivity contribution in [2.24, 2.45) is 0 Å². The number of ether oxygens (including phenoxy) is 1. The second-order valence-corrected chi connectivity index (χ2v) is 8.52. The van der Waals surface area contributed by atoms with Crippen molar-refractivity contribution in [1.29, 1.82) is 0 Å². The lowest BCUT2D eigenvalue weighted by Gasteiger charge is -2.13. The Morgan fingerprint density at radius 2 is 1.94 bits per heavy atom. The van der Waals surface area contributed by atoms with Crippen molar-refractivity contribution in [3.63, 3.8) is 0 Å². The van der Waals surface area contributed by atoms with Gasteiger partial charge in [-0.1, -0.05) is 22.0 Å². The third kappa shape index (κ3) is 5.85. The fraction of sp³-hybridized carbons (Fsp3) is 0.160. The van der Waals surface area contributed by atoms with Gasteiger partial charge in [0, 0.05) is 33.6 Å². The number of amides is 1. The number of pyridine rings is 1. The van der Waals surface area contributed by atoms with E-state index in [0.717, 1.165) is 27.5 Å². The van der Waals surface area contributed by atoms with Gasteiger partial charge in [-0.05, 0) is 55.5 Å². The molecule has 0 radical (unpaired) electrons. The van der Waals surface area contributed by atoms with Crippen molar-refractivity contribution in [2.75, 3.05) is 0 Å². The largest absolute Gasteiger partial charge is 0.488 e. The van der Waals surface area contributed by atoms with E-state index >= 15 is 0 Å². The standard InChI is InChI=1S/C25H21BrF2N4O2/c1-16-10-23(25(33)30-13-21-4-2-3-9-29-21)31-32(16)14-18-11-19(26)6-8-24(18)34-15-17-5-7-20(27)12-22(17)28/h2-12H,13-15H2,1H3,(H,30,33). The van der Waals surface area contributed by atoms with E-state index in [1.54, 1.807) is 23.0 Å². The summed E-state index contributed by atoms with van der Waals surface area (Å²) in [5.41, 5.74) is 2.86. The van der Waals surface area contributed by atoms with Crippen LogP contribution in [0.15, 0.2) is 71.3 Å². The van der Waals surface area contributed by atoms with Crippen LogP contribution in [0.3, 0.4) is 0 Å². The van der Waals surface area contributed by atoms with E-state index in [2.05, 4.69) is 31.3 Å². The van der Waals surface area contributed by atoms with Gasteiger partial charge in [0.1, 0.15) is 29.7 Å². The second kappa shape index (κ2) is 10.6. The molecule has 6 nitrogen and oxygen atoms in total. The Labute approximate surface area is 203 Å². The van der Waals surface area contributed by atoms with Gasteiger partial charge in [0.05, 0.1) is 18.8 Å². The van der Waals surface area contributed by atoms with E-state index in [0.29, 0.717) is 24.5 Å². The average Bonchev–Trinajstić information content (AvgIpc) is 3.19. The molecule has 0 spiro atoms. The molecule has 0 atom stereocenters. The molecule has 2 heterocycles. The summed E-state index contributed by atoms with van der Waals surface area (Å²) >= 11 is 3.46.